The zero-order valence-electron chi connectivity index (χ0n) is 19.8. The number of hydrogen-bond acceptors (Lipinski definition) is 4. The van der Waals surface area contributed by atoms with Gasteiger partial charge in [0.15, 0.2) is 0 Å². The normalized spacial score (nSPS) is 24.3. The fourth-order valence-electron chi connectivity index (χ4n) is 6.06. The Bertz CT molecular complexity index is 714. The van der Waals surface area contributed by atoms with E-state index in [0.717, 1.165) is 48.1 Å². The maximum Gasteiger partial charge on any atom is 0.224 e. The van der Waals surface area contributed by atoms with Crippen molar-refractivity contribution in [1.82, 2.24) is 20.2 Å². The summed E-state index contributed by atoms with van der Waals surface area (Å²) >= 11 is 0. The van der Waals surface area contributed by atoms with Crippen LogP contribution in [0.2, 0.25) is 0 Å². The first-order valence-corrected chi connectivity index (χ1v) is 12.9. The van der Waals surface area contributed by atoms with Gasteiger partial charge in [0.1, 0.15) is 5.82 Å². The van der Waals surface area contributed by atoms with Crippen molar-refractivity contribution in [3.05, 3.63) is 22.8 Å². The van der Waals surface area contributed by atoms with Crippen molar-refractivity contribution < 1.29 is 4.79 Å². The van der Waals surface area contributed by atoms with Gasteiger partial charge in [-0.15, -0.1) is 0 Å². The molecule has 5 heteroatoms. The van der Waals surface area contributed by atoms with Crippen LogP contribution in [0.1, 0.15) is 106 Å². The molecule has 1 aliphatic heterocycles. The van der Waals surface area contributed by atoms with Crippen LogP contribution in [0.4, 0.5) is 0 Å². The number of nitrogens with one attached hydrogen (secondary N) is 1. The van der Waals surface area contributed by atoms with Crippen molar-refractivity contribution in [1.29, 1.82) is 0 Å². The van der Waals surface area contributed by atoms with Gasteiger partial charge < -0.3 is 10.2 Å². The van der Waals surface area contributed by atoms with Crippen LogP contribution in [-0.4, -0.2) is 46.5 Å². The van der Waals surface area contributed by atoms with Crippen LogP contribution >= 0.6 is 0 Å². The van der Waals surface area contributed by atoms with Crippen LogP contribution in [0.3, 0.4) is 0 Å². The Labute approximate surface area is 188 Å². The molecular weight excluding hydrogens is 384 g/mol. The number of nitrogens with zero attached hydrogens (tertiary/aromatic N) is 3. The largest absolute Gasteiger partial charge is 0.353 e. The number of likely N-dealkylation sites (tertiary alicyclic amines) is 1. The summed E-state index contributed by atoms with van der Waals surface area (Å²) in [5, 5.41) is 3.24. The van der Waals surface area contributed by atoms with Gasteiger partial charge in [-0.3, -0.25) is 4.79 Å². The number of piperidine rings is 1. The van der Waals surface area contributed by atoms with Gasteiger partial charge in [-0.1, -0.05) is 38.5 Å². The second-order valence-electron chi connectivity index (χ2n) is 10.4. The van der Waals surface area contributed by atoms with E-state index in [0.29, 0.717) is 18.4 Å². The Morgan fingerprint density at radius 3 is 2.23 bits per heavy atom. The second kappa shape index (κ2) is 10.9. The fourth-order valence-corrected chi connectivity index (χ4v) is 6.06. The van der Waals surface area contributed by atoms with E-state index >= 15 is 0 Å². The number of rotatable bonds is 6. The van der Waals surface area contributed by atoms with Gasteiger partial charge in [0, 0.05) is 42.0 Å². The minimum Gasteiger partial charge on any atom is -0.353 e. The molecule has 1 amide bonds. The molecule has 0 unspecified atom stereocenters. The third kappa shape index (κ3) is 6.27. The summed E-state index contributed by atoms with van der Waals surface area (Å²) in [5.41, 5.74) is 3.00. The molecule has 3 fully saturated rings. The molecule has 1 saturated heterocycles. The van der Waals surface area contributed by atoms with Crippen molar-refractivity contribution in [2.75, 3.05) is 19.6 Å². The van der Waals surface area contributed by atoms with Crippen LogP contribution in [0.15, 0.2) is 0 Å². The van der Waals surface area contributed by atoms with E-state index in [9.17, 15) is 4.79 Å². The summed E-state index contributed by atoms with van der Waals surface area (Å²) in [6.45, 7) is 7.70. The van der Waals surface area contributed by atoms with Gasteiger partial charge in [0.2, 0.25) is 5.91 Å². The van der Waals surface area contributed by atoms with E-state index in [-0.39, 0.29) is 5.91 Å². The molecule has 2 heterocycles. The Morgan fingerprint density at radius 1 is 0.903 bits per heavy atom. The molecule has 172 valence electrons. The molecule has 2 aliphatic carbocycles. The summed E-state index contributed by atoms with van der Waals surface area (Å²) in [5.74, 6) is 2.45. The highest BCUT2D eigenvalue weighted by atomic mass is 16.1. The number of amides is 1. The van der Waals surface area contributed by atoms with Crippen LogP contribution in [0.25, 0.3) is 0 Å². The lowest BCUT2D eigenvalue weighted by Gasteiger charge is -2.35. The van der Waals surface area contributed by atoms with Crippen LogP contribution in [0, 0.1) is 19.8 Å². The summed E-state index contributed by atoms with van der Waals surface area (Å²) in [6, 6.07) is 0.361. The lowest BCUT2D eigenvalue weighted by Crippen LogP contribution is -2.39. The zero-order valence-corrected chi connectivity index (χ0v) is 19.8. The Morgan fingerprint density at radius 2 is 1.55 bits per heavy atom. The average Bonchev–Trinajstić information content (AvgIpc) is 2.78. The third-order valence-electron chi connectivity index (χ3n) is 7.86. The molecule has 1 aromatic rings. The van der Waals surface area contributed by atoms with Crippen molar-refractivity contribution >= 4 is 5.91 Å². The number of carbonyl (C=O) groups excluding carboxylic acids is 1. The Hall–Kier alpha value is -1.49. The maximum absolute atomic E-state index is 12.6. The lowest BCUT2D eigenvalue weighted by molar-refractivity contribution is -0.121. The predicted molar refractivity (Wildman–Crippen MR) is 125 cm³/mol. The van der Waals surface area contributed by atoms with E-state index < -0.39 is 0 Å². The zero-order chi connectivity index (χ0) is 21.6. The summed E-state index contributed by atoms with van der Waals surface area (Å²) in [4.78, 5) is 25.1. The molecule has 0 bridgehead atoms. The summed E-state index contributed by atoms with van der Waals surface area (Å²) in [7, 11) is 0. The van der Waals surface area contributed by atoms with E-state index in [1.807, 2.05) is 0 Å². The second-order valence-corrected chi connectivity index (χ2v) is 10.4. The average molecular weight is 427 g/mol. The first-order valence-electron chi connectivity index (χ1n) is 12.9. The number of hydrogen-bond donors (Lipinski definition) is 1. The molecule has 1 N–H and O–H groups in total. The lowest BCUT2D eigenvalue weighted by atomic mass is 9.87. The van der Waals surface area contributed by atoms with E-state index in [1.165, 1.54) is 77.3 Å². The SMILES string of the molecule is Cc1nc([C@@H]2CCCN(CC3CCCCC3)C2)nc(C)c1CC(=O)NC1CCCCC1. The highest BCUT2D eigenvalue weighted by Gasteiger charge is 2.27. The fraction of sp³-hybridized carbons (Fsp3) is 0.808. The molecule has 1 aromatic heterocycles. The van der Waals surface area contributed by atoms with Gasteiger partial charge in [-0.05, 0) is 64.8 Å². The number of aromatic nitrogens is 2. The quantitative estimate of drug-likeness (QED) is 0.707. The molecule has 3 aliphatic rings. The minimum absolute atomic E-state index is 0.130. The molecule has 5 nitrogen and oxygen atoms in total. The highest BCUT2D eigenvalue weighted by Crippen LogP contribution is 2.29. The van der Waals surface area contributed by atoms with E-state index in [1.54, 1.807) is 0 Å². The Kier molecular flexibility index (Phi) is 7.97. The standard InChI is InChI=1S/C26H42N4O/c1-19-24(16-25(31)29-23-13-7-4-8-14-23)20(2)28-26(27-19)22-12-9-15-30(18-22)17-21-10-5-3-6-11-21/h21-23H,3-18H2,1-2H3,(H,29,31)/t22-/m1/s1. The first kappa shape index (κ1) is 22.7. The van der Waals surface area contributed by atoms with Crippen LogP contribution < -0.4 is 5.32 Å². The third-order valence-corrected chi connectivity index (χ3v) is 7.86. The molecular formula is C26H42N4O. The van der Waals surface area contributed by atoms with Gasteiger partial charge in [-0.25, -0.2) is 9.97 Å². The summed E-state index contributed by atoms with van der Waals surface area (Å²) in [6.07, 6.45) is 15.9. The smallest absolute Gasteiger partial charge is 0.224 e. The molecule has 2 saturated carbocycles. The van der Waals surface area contributed by atoms with Crippen molar-refractivity contribution in [3.63, 3.8) is 0 Å². The van der Waals surface area contributed by atoms with Crippen molar-refractivity contribution in [2.24, 2.45) is 5.92 Å². The molecule has 1 atom stereocenters. The highest BCUT2D eigenvalue weighted by molar-refractivity contribution is 5.79. The molecule has 0 spiro atoms. The maximum atomic E-state index is 12.6. The molecule has 0 aromatic carbocycles. The van der Waals surface area contributed by atoms with Crippen LogP contribution in [-0.2, 0) is 11.2 Å². The summed E-state index contributed by atoms with van der Waals surface area (Å²) < 4.78 is 0. The van der Waals surface area contributed by atoms with Crippen molar-refractivity contribution in [3.8, 4) is 0 Å². The number of aryl methyl sites for hydroxylation is 2. The first-order chi connectivity index (χ1) is 15.1. The predicted octanol–water partition coefficient (Wildman–Crippen LogP) is 4.84. The van der Waals surface area contributed by atoms with E-state index in [2.05, 4.69) is 24.1 Å². The minimum atomic E-state index is 0.130. The molecule has 0 radical (unpaired) electrons. The van der Waals surface area contributed by atoms with Crippen LogP contribution in [0.5, 0.6) is 0 Å². The number of carbonyl (C=O) groups is 1. The molecule has 31 heavy (non-hydrogen) atoms. The topological polar surface area (TPSA) is 58.1 Å². The van der Waals surface area contributed by atoms with Gasteiger partial charge >= 0.3 is 0 Å². The van der Waals surface area contributed by atoms with Gasteiger partial charge in [0.25, 0.3) is 0 Å². The Balaban J connectivity index is 1.36. The monoisotopic (exact) mass is 426 g/mol. The van der Waals surface area contributed by atoms with Gasteiger partial charge in [-0.2, -0.15) is 0 Å². The van der Waals surface area contributed by atoms with Gasteiger partial charge in [0.05, 0.1) is 6.42 Å². The van der Waals surface area contributed by atoms with E-state index in [4.69, 9.17) is 9.97 Å². The molecule has 4 rings (SSSR count). The van der Waals surface area contributed by atoms with Crippen molar-refractivity contribution in [2.45, 2.75) is 109 Å².